The summed E-state index contributed by atoms with van der Waals surface area (Å²) in [4.78, 5) is 4.51. The SMILES string of the molecule is CC1CN(S(=O)(=O)c2cnc3c(Br)csc3c2)C1. The molecule has 2 aromatic rings. The van der Waals surface area contributed by atoms with Gasteiger partial charge < -0.3 is 0 Å². The van der Waals surface area contributed by atoms with E-state index >= 15 is 0 Å². The number of rotatable bonds is 2. The lowest BCUT2D eigenvalue weighted by atomic mass is 10.1. The smallest absolute Gasteiger partial charge is 0.244 e. The van der Waals surface area contributed by atoms with Crippen LogP contribution in [0.1, 0.15) is 6.92 Å². The van der Waals surface area contributed by atoms with Crippen molar-refractivity contribution >= 4 is 47.5 Å². The molecule has 0 saturated carbocycles. The average Bonchev–Trinajstić information content (AvgIpc) is 2.66. The van der Waals surface area contributed by atoms with E-state index in [9.17, 15) is 8.42 Å². The highest BCUT2D eigenvalue weighted by Gasteiger charge is 2.34. The zero-order valence-electron chi connectivity index (χ0n) is 9.63. The monoisotopic (exact) mass is 346 g/mol. The molecule has 1 aliphatic heterocycles. The number of nitrogens with zero attached hydrogens (tertiary/aromatic N) is 2. The van der Waals surface area contributed by atoms with Gasteiger partial charge >= 0.3 is 0 Å². The van der Waals surface area contributed by atoms with E-state index in [0.29, 0.717) is 19.0 Å². The van der Waals surface area contributed by atoms with Crippen LogP contribution >= 0.6 is 27.3 Å². The number of pyridine rings is 1. The molecule has 0 bridgehead atoms. The molecule has 0 radical (unpaired) electrons. The highest BCUT2D eigenvalue weighted by Crippen LogP contribution is 2.31. The second kappa shape index (κ2) is 4.26. The molecule has 7 heteroatoms. The van der Waals surface area contributed by atoms with E-state index in [1.807, 2.05) is 12.3 Å². The molecule has 3 rings (SSSR count). The van der Waals surface area contributed by atoms with Gasteiger partial charge in [0.1, 0.15) is 4.90 Å². The Kier molecular flexibility index (Phi) is 2.97. The van der Waals surface area contributed by atoms with Crippen molar-refractivity contribution in [1.82, 2.24) is 9.29 Å². The van der Waals surface area contributed by atoms with E-state index in [4.69, 9.17) is 0 Å². The van der Waals surface area contributed by atoms with E-state index in [0.717, 1.165) is 14.7 Å². The number of halogens is 1. The van der Waals surface area contributed by atoms with Crippen LogP contribution in [0.25, 0.3) is 10.2 Å². The van der Waals surface area contributed by atoms with Crippen LogP contribution in [0.5, 0.6) is 0 Å². The largest absolute Gasteiger partial charge is 0.253 e. The standard InChI is InChI=1S/C11H11BrN2O2S2/c1-7-4-14(5-7)18(15,16)8-2-10-11(13-3-8)9(12)6-17-10/h2-3,6-7H,4-5H2,1H3. The maximum Gasteiger partial charge on any atom is 0.244 e. The zero-order valence-corrected chi connectivity index (χ0v) is 12.8. The highest BCUT2D eigenvalue weighted by atomic mass is 79.9. The van der Waals surface area contributed by atoms with Crippen molar-refractivity contribution in [2.24, 2.45) is 5.92 Å². The molecule has 0 N–H and O–H groups in total. The van der Waals surface area contributed by atoms with Gasteiger partial charge in [-0.25, -0.2) is 8.42 Å². The van der Waals surface area contributed by atoms with Crippen molar-refractivity contribution in [1.29, 1.82) is 0 Å². The number of hydrogen-bond donors (Lipinski definition) is 0. The third-order valence-corrected chi connectivity index (χ3v) is 6.63. The van der Waals surface area contributed by atoms with Crippen molar-refractivity contribution in [3.63, 3.8) is 0 Å². The van der Waals surface area contributed by atoms with Crippen molar-refractivity contribution in [3.8, 4) is 0 Å². The summed E-state index contributed by atoms with van der Waals surface area (Å²) in [5, 5.41) is 1.92. The molecule has 96 valence electrons. The fourth-order valence-corrected chi connectivity index (χ4v) is 5.26. The van der Waals surface area contributed by atoms with Gasteiger partial charge in [0.15, 0.2) is 0 Å². The Morgan fingerprint density at radius 2 is 2.22 bits per heavy atom. The summed E-state index contributed by atoms with van der Waals surface area (Å²) in [5.74, 6) is 0.451. The van der Waals surface area contributed by atoms with Gasteiger partial charge in [-0.1, -0.05) is 6.92 Å². The summed E-state index contributed by atoms with van der Waals surface area (Å²) in [6, 6.07) is 1.70. The Morgan fingerprint density at radius 1 is 1.50 bits per heavy atom. The van der Waals surface area contributed by atoms with Crippen molar-refractivity contribution < 1.29 is 8.42 Å². The summed E-state index contributed by atoms with van der Waals surface area (Å²) in [7, 11) is -3.36. The Morgan fingerprint density at radius 3 is 2.89 bits per heavy atom. The summed E-state index contributed by atoms with van der Waals surface area (Å²) >= 11 is 4.88. The van der Waals surface area contributed by atoms with E-state index in [-0.39, 0.29) is 4.90 Å². The predicted octanol–water partition coefficient (Wildman–Crippen LogP) is 2.70. The molecule has 2 aromatic heterocycles. The summed E-state index contributed by atoms with van der Waals surface area (Å²) in [6.07, 6.45) is 1.44. The molecule has 18 heavy (non-hydrogen) atoms. The predicted molar refractivity (Wildman–Crippen MR) is 75.2 cm³/mol. The Hall–Kier alpha value is -0.500. The van der Waals surface area contributed by atoms with Gasteiger partial charge in [0.25, 0.3) is 0 Å². The van der Waals surface area contributed by atoms with Crippen molar-refractivity contribution in [2.75, 3.05) is 13.1 Å². The number of thiophene rings is 1. The molecule has 3 heterocycles. The van der Waals surface area contributed by atoms with Gasteiger partial charge in [-0.15, -0.1) is 11.3 Å². The molecule has 1 saturated heterocycles. The Labute approximate surface area is 118 Å². The highest BCUT2D eigenvalue weighted by molar-refractivity contribution is 9.10. The van der Waals surface area contributed by atoms with Gasteiger partial charge in [-0.2, -0.15) is 4.31 Å². The van der Waals surface area contributed by atoms with E-state index in [1.165, 1.54) is 21.8 Å². The van der Waals surface area contributed by atoms with Crippen LogP contribution in [0.15, 0.2) is 27.0 Å². The third-order valence-electron chi connectivity index (χ3n) is 3.01. The number of hydrogen-bond acceptors (Lipinski definition) is 4. The average molecular weight is 347 g/mol. The summed E-state index contributed by atoms with van der Waals surface area (Å²) in [5.41, 5.74) is 0.816. The van der Waals surface area contributed by atoms with Gasteiger partial charge in [0, 0.05) is 24.7 Å². The van der Waals surface area contributed by atoms with E-state index < -0.39 is 10.0 Å². The van der Waals surface area contributed by atoms with E-state index in [2.05, 4.69) is 20.9 Å². The first kappa shape index (κ1) is 12.5. The van der Waals surface area contributed by atoms with Crippen LogP contribution in [0.3, 0.4) is 0 Å². The van der Waals surface area contributed by atoms with Crippen LogP contribution in [0.4, 0.5) is 0 Å². The van der Waals surface area contributed by atoms with E-state index in [1.54, 1.807) is 6.07 Å². The normalized spacial score (nSPS) is 18.1. The fraction of sp³-hybridized carbons (Fsp3) is 0.364. The minimum absolute atomic E-state index is 0.288. The summed E-state index contributed by atoms with van der Waals surface area (Å²) in [6.45, 7) is 3.26. The summed E-state index contributed by atoms with van der Waals surface area (Å²) < 4.78 is 27.9. The molecule has 0 amide bonds. The number of fused-ring (bicyclic) bond motifs is 1. The Balaban J connectivity index is 2.04. The molecule has 0 atom stereocenters. The molecule has 0 aliphatic carbocycles. The second-order valence-electron chi connectivity index (χ2n) is 4.53. The lowest BCUT2D eigenvalue weighted by molar-refractivity contribution is 0.218. The fourth-order valence-electron chi connectivity index (χ4n) is 2.00. The first-order chi connectivity index (χ1) is 8.48. The van der Waals surface area contributed by atoms with Gasteiger partial charge in [0.05, 0.1) is 14.7 Å². The quantitative estimate of drug-likeness (QED) is 0.839. The minimum Gasteiger partial charge on any atom is -0.253 e. The lowest BCUT2D eigenvalue weighted by Gasteiger charge is -2.35. The molecule has 1 aliphatic rings. The topological polar surface area (TPSA) is 50.3 Å². The van der Waals surface area contributed by atoms with Crippen molar-refractivity contribution in [2.45, 2.75) is 11.8 Å². The molecule has 0 aromatic carbocycles. The van der Waals surface area contributed by atoms with Gasteiger partial charge in [-0.3, -0.25) is 4.98 Å². The van der Waals surface area contributed by atoms with Gasteiger partial charge in [-0.05, 0) is 27.9 Å². The maximum absolute atomic E-state index is 12.3. The van der Waals surface area contributed by atoms with Crippen LogP contribution in [-0.4, -0.2) is 30.8 Å². The number of sulfonamides is 1. The zero-order chi connectivity index (χ0) is 12.9. The minimum atomic E-state index is -3.36. The van der Waals surface area contributed by atoms with Crippen molar-refractivity contribution in [3.05, 3.63) is 22.1 Å². The molecular formula is C11H11BrN2O2S2. The molecule has 4 nitrogen and oxygen atoms in total. The molecular weight excluding hydrogens is 336 g/mol. The number of aromatic nitrogens is 1. The Bertz CT molecular complexity index is 705. The molecule has 0 unspecified atom stereocenters. The maximum atomic E-state index is 12.3. The molecule has 1 fully saturated rings. The second-order valence-corrected chi connectivity index (χ2v) is 8.23. The first-order valence-corrected chi connectivity index (χ1v) is 8.62. The third kappa shape index (κ3) is 1.89. The molecule has 0 spiro atoms. The first-order valence-electron chi connectivity index (χ1n) is 5.51. The van der Waals surface area contributed by atoms with Gasteiger partial charge in [0.2, 0.25) is 10.0 Å². The lowest BCUT2D eigenvalue weighted by Crippen LogP contribution is -2.48. The van der Waals surface area contributed by atoms with Crippen LogP contribution in [0, 0.1) is 5.92 Å². The van der Waals surface area contributed by atoms with Crippen LogP contribution in [-0.2, 0) is 10.0 Å². The van der Waals surface area contributed by atoms with Crippen LogP contribution in [0.2, 0.25) is 0 Å². The van der Waals surface area contributed by atoms with Crippen LogP contribution < -0.4 is 0 Å².